The molecule has 21 heavy (non-hydrogen) atoms. The Morgan fingerprint density at radius 2 is 1.95 bits per heavy atom. The predicted octanol–water partition coefficient (Wildman–Crippen LogP) is 1.70. The highest BCUT2D eigenvalue weighted by molar-refractivity contribution is 7.80. The lowest BCUT2D eigenvalue weighted by Crippen LogP contribution is -2.34. The number of nitrogens with two attached hydrogens (primary N) is 1. The number of H-pyrrole nitrogens is 1. The Hall–Kier alpha value is -2.47. The van der Waals surface area contributed by atoms with Crippen LogP contribution >= 0.6 is 12.2 Å². The van der Waals surface area contributed by atoms with Crippen molar-refractivity contribution < 1.29 is 4.79 Å². The largest absolute Gasteiger partial charge is 0.393 e. The molecule has 0 radical (unpaired) electrons. The van der Waals surface area contributed by atoms with E-state index in [1.807, 2.05) is 30.3 Å². The normalized spacial score (nSPS) is 10.1. The highest BCUT2D eigenvalue weighted by Gasteiger charge is 2.17. The third-order valence-corrected chi connectivity index (χ3v) is 3.12. The van der Waals surface area contributed by atoms with Crippen LogP contribution in [0, 0.1) is 0 Å². The van der Waals surface area contributed by atoms with Crippen molar-refractivity contribution in [1.82, 2.24) is 4.98 Å². The van der Waals surface area contributed by atoms with Gasteiger partial charge in [0.05, 0.1) is 4.99 Å². The first-order valence-electron chi connectivity index (χ1n) is 6.42. The molecule has 2 aromatic rings. The molecule has 1 amide bonds. The molecule has 0 atom stereocenters. The van der Waals surface area contributed by atoms with Crippen LogP contribution in [-0.4, -0.2) is 22.4 Å². The highest BCUT2D eigenvalue weighted by atomic mass is 32.1. The molecule has 1 aromatic carbocycles. The van der Waals surface area contributed by atoms with Gasteiger partial charge < -0.3 is 15.6 Å². The van der Waals surface area contributed by atoms with Gasteiger partial charge in [0.1, 0.15) is 0 Å². The zero-order valence-electron chi connectivity index (χ0n) is 11.3. The van der Waals surface area contributed by atoms with Gasteiger partial charge in [-0.1, -0.05) is 30.4 Å². The predicted molar refractivity (Wildman–Crippen MR) is 86.6 cm³/mol. The van der Waals surface area contributed by atoms with E-state index >= 15 is 0 Å². The minimum Gasteiger partial charge on any atom is -0.393 e. The van der Waals surface area contributed by atoms with Crippen molar-refractivity contribution in [3.63, 3.8) is 0 Å². The monoisotopic (exact) mass is 301 g/mol. The molecule has 108 valence electrons. The fourth-order valence-corrected chi connectivity index (χ4v) is 2.00. The number of aromatic amines is 1. The fraction of sp³-hybridized carbons (Fsp3) is 0.133. The molecular weight excluding hydrogens is 286 g/mol. The number of para-hydroxylation sites is 1. The Balaban J connectivity index is 2.32. The maximum absolute atomic E-state index is 12.6. The second-order valence-corrected chi connectivity index (χ2v) is 4.97. The van der Waals surface area contributed by atoms with Crippen LogP contribution < -0.4 is 16.2 Å². The molecule has 1 aromatic heterocycles. The van der Waals surface area contributed by atoms with Crippen molar-refractivity contribution in [2.75, 3.05) is 11.4 Å². The summed E-state index contributed by atoms with van der Waals surface area (Å²) in [6.45, 7) is 0.366. The Morgan fingerprint density at radius 3 is 2.57 bits per heavy atom. The van der Waals surface area contributed by atoms with Crippen molar-refractivity contribution in [1.29, 1.82) is 0 Å². The van der Waals surface area contributed by atoms with Gasteiger partial charge in [-0.2, -0.15) is 0 Å². The van der Waals surface area contributed by atoms with Crippen LogP contribution in [-0.2, 0) is 0 Å². The molecule has 0 aliphatic heterocycles. The van der Waals surface area contributed by atoms with Gasteiger partial charge in [0.2, 0.25) is 5.56 Å². The number of anilines is 1. The number of hydrogen-bond donors (Lipinski definition) is 2. The van der Waals surface area contributed by atoms with Crippen molar-refractivity contribution in [3.05, 3.63) is 64.6 Å². The molecule has 0 fully saturated rings. The van der Waals surface area contributed by atoms with Gasteiger partial charge in [0, 0.05) is 36.5 Å². The van der Waals surface area contributed by atoms with E-state index in [2.05, 4.69) is 4.98 Å². The van der Waals surface area contributed by atoms with Gasteiger partial charge in [0.15, 0.2) is 0 Å². The highest BCUT2D eigenvalue weighted by Crippen LogP contribution is 2.16. The minimum absolute atomic E-state index is 0.261. The van der Waals surface area contributed by atoms with Crippen LogP contribution in [0.4, 0.5) is 5.69 Å². The molecule has 3 N–H and O–H groups in total. The number of benzene rings is 1. The maximum atomic E-state index is 12.6. The first-order chi connectivity index (χ1) is 10.1. The van der Waals surface area contributed by atoms with Crippen LogP contribution in [0.5, 0.6) is 0 Å². The zero-order chi connectivity index (χ0) is 15.2. The first kappa shape index (κ1) is 14.9. The topological polar surface area (TPSA) is 79.2 Å². The number of aromatic nitrogens is 1. The van der Waals surface area contributed by atoms with Crippen LogP contribution in [0.1, 0.15) is 16.8 Å². The molecule has 0 saturated carbocycles. The van der Waals surface area contributed by atoms with E-state index in [0.717, 1.165) is 5.69 Å². The molecule has 5 nitrogen and oxygen atoms in total. The van der Waals surface area contributed by atoms with E-state index < -0.39 is 0 Å². The van der Waals surface area contributed by atoms with Crippen molar-refractivity contribution in [2.24, 2.45) is 5.73 Å². The van der Waals surface area contributed by atoms with E-state index in [-0.39, 0.29) is 11.5 Å². The zero-order valence-corrected chi connectivity index (χ0v) is 12.1. The molecular formula is C15H15N3O2S. The molecule has 0 aliphatic rings. The second kappa shape index (κ2) is 6.81. The summed E-state index contributed by atoms with van der Waals surface area (Å²) in [4.78, 5) is 28.3. The van der Waals surface area contributed by atoms with E-state index in [4.69, 9.17) is 18.0 Å². The standard InChI is InChI=1S/C15H15N3O2S/c16-13(21)7-9-18(12-4-2-1-3-5-12)15(20)11-6-8-17-14(19)10-11/h1-6,8,10H,7,9H2,(H2,16,21)(H,17,19). The van der Waals surface area contributed by atoms with Crippen molar-refractivity contribution in [3.8, 4) is 0 Å². The van der Waals surface area contributed by atoms with Crippen LogP contribution in [0.2, 0.25) is 0 Å². The Labute approximate surface area is 127 Å². The quantitative estimate of drug-likeness (QED) is 0.824. The number of pyridine rings is 1. The molecule has 0 unspecified atom stereocenters. The summed E-state index contributed by atoms with van der Waals surface area (Å²) < 4.78 is 0. The summed E-state index contributed by atoms with van der Waals surface area (Å²) in [6, 6.07) is 12.0. The molecule has 1 heterocycles. The number of nitrogens with one attached hydrogen (secondary N) is 1. The molecule has 2 rings (SSSR count). The summed E-state index contributed by atoms with van der Waals surface area (Å²) in [5.41, 5.74) is 6.26. The number of hydrogen-bond acceptors (Lipinski definition) is 3. The minimum atomic E-state index is -0.316. The molecule has 0 saturated heterocycles. The lowest BCUT2D eigenvalue weighted by molar-refractivity contribution is 0.0987. The lowest BCUT2D eigenvalue weighted by atomic mass is 10.2. The van der Waals surface area contributed by atoms with Crippen molar-refractivity contribution in [2.45, 2.75) is 6.42 Å². The summed E-state index contributed by atoms with van der Waals surface area (Å²) in [5.74, 6) is -0.261. The number of nitrogens with zero attached hydrogens (tertiary/aromatic N) is 1. The molecule has 6 heteroatoms. The lowest BCUT2D eigenvalue weighted by Gasteiger charge is -2.22. The van der Waals surface area contributed by atoms with Crippen LogP contribution in [0.25, 0.3) is 0 Å². The summed E-state index contributed by atoms with van der Waals surface area (Å²) in [7, 11) is 0. The SMILES string of the molecule is NC(=S)CCN(C(=O)c1cc[nH]c(=O)c1)c1ccccc1. The Kier molecular flexibility index (Phi) is 4.84. The summed E-state index contributed by atoms with van der Waals surface area (Å²) >= 11 is 4.87. The fourth-order valence-electron chi connectivity index (χ4n) is 1.91. The van der Waals surface area contributed by atoms with Crippen LogP contribution in [0.15, 0.2) is 53.5 Å². The summed E-state index contributed by atoms with van der Waals surface area (Å²) in [6.07, 6.45) is 1.87. The molecule has 0 bridgehead atoms. The van der Waals surface area contributed by atoms with E-state index in [0.29, 0.717) is 23.5 Å². The van der Waals surface area contributed by atoms with E-state index in [1.165, 1.54) is 12.3 Å². The average molecular weight is 301 g/mol. The number of amides is 1. The Morgan fingerprint density at radius 1 is 1.24 bits per heavy atom. The third-order valence-electron chi connectivity index (χ3n) is 2.92. The molecule has 0 aliphatic carbocycles. The van der Waals surface area contributed by atoms with Crippen molar-refractivity contribution >= 4 is 28.8 Å². The van der Waals surface area contributed by atoms with E-state index in [9.17, 15) is 9.59 Å². The first-order valence-corrected chi connectivity index (χ1v) is 6.83. The number of carbonyl (C=O) groups excluding carboxylic acids is 1. The average Bonchev–Trinajstić information content (AvgIpc) is 2.48. The Bertz CT molecular complexity index is 697. The van der Waals surface area contributed by atoms with Gasteiger partial charge in [-0.05, 0) is 18.2 Å². The van der Waals surface area contributed by atoms with Gasteiger partial charge in [-0.25, -0.2) is 0 Å². The maximum Gasteiger partial charge on any atom is 0.258 e. The number of thiocarbonyl (C=S) groups is 1. The smallest absolute Gasteiger partial charge is 0.258 e. The second-order valence-electron chi connectivity index (χ2n) is 4.45. The van der Waals surface area contributed by atoms with Gasteiger partial charge in [-0.15, -0.1) is 0 Å². The number of rotatable bonds is 5. The van der Waals surface area contributed by atoms with Gasteiger partial charge in [0.25, 0.3) is 5.91 Å². The molecule has 0 spiro atoms. The summed E-state index contributed by atoms with van der Waals surface area (Å²) in [5, 5.41) is 0. The van der Waals surface area contributed by atoms with Crippen LogP contribution in [0.3, 0.4) is 0 Å². The number of carbonyl (C=O) groups is 1. The third kappa shape index (κ3) is 4.00. The van der Waals surface area contributed by atoms with Gasteiger partial charge in [-0.3, -0.25) is 9.59 Å². The van der Waals surface area contributed by atoms with Gasteiger partial charge >= 0.3 is 0 Å². The van der Waals surface area contributed by atoms with E-state index in [1.54, 1.807) is 11.0 Å².